The van der Waals surface area contributed by atoms with Crippen LogP contribution in [-0.2, 0) is 4.79 Å². The summed E-state index contributed by atoms with van der Waals surface area (Å²) in [7, 11) is 0. The topological polar surface area (TPSA) is 125 Å². The first kappa shape index (κ1) is 25.3. The largest absolute Gasteiger partial charge is 0.490 e. The molecular weight excluding hydrogens is 508 g/mol. The van der Waals surface area contributed by atoms with Crippen LogP contribution < -0.4 is 14.8 Å². The number of carboxylic acids is 2. The lowest BCUT2D eigenvalue weighted by Gasteiger charge is -2.32. The molecule has 1 fully saturated rings. The van der Waals surface area contributed by atoms with Crippen molar-refractivity contribution in [3.8, 4) is 21.9 Å². The number of para-hydroxylation sites is 1. The maximum Gasteiger partial charge on any atom is 0.349 e. The van der Waals surface area contributed by atoms with E-state index in [4.69, 9.17) is 26.2 Å². The summed E-state index contributed by atoms with van der Waals surface area (Å²) in [6.07, 6.45) is 1.22. The highest BCUT2D eigenvalue weighted by atomic mass is 35.5. The number of carboxylic acid groups (broad SMARTS) is 2. The van der Waals surface area contributed by atoms with Crippen LogP contribution >= 0.6 is 22.9 Å². The Morgan fingerprint density at radius 3 is 2.44 bits per heavy atom. The van der Waals surface area contributed by atoms with Crippen LogP contribution in [0.3, 0.4) is 0 Å². The second-order valence-corrected chi connectivity index (χ2v) is 9.42. The van der Waals surface area contributed by atoms with Crippen LogP contribution in [0.1, 0.15) is 22.5 Å². The van der Waals surface area contributed by atoms with Gasteiger partial charge in [-0.15, -0.1) is 11.3 Å². The Labute approximate surface area is 215 Å². The van der Waals surface area contributed by atoms with Crippen LogP contribution in [0.15, 0.2) is 54.6 Å². The Bertz CT molecular complexity index is 1260. The number of halogens is 1. The van der Waals surface area contributed by atoms with Crippen molar-refractivity contribution in [3.63, 3.8) is 0 Å². The van der Waals surface area contributed by atoms with Crippen LogP contribution in [0.4, 0.5) is 10.5 Å². The highest BCUT2D eigenvalue weighted by molar-refractivity contribution is 7.18. The van der Waals surface area contributed by atoms with Crippen molar-refractivity contribution in [3.05, 3.63) is 64.5 Å². The van der Waals surface area contributed by atoms with Crippen LogP contribution in [0, 0.1) is 0 Å². The third-order valence-corrected chi connectivity index (χ3v) is 7.18. The van der Waals surface area contributed by atoms with E-state index in [1.54, 1.807) is 29.2 Å². The summed E-state index contributed by atoms with van der Waals surface area (Å²) in [5, 5.41) is 21.3. The van der Waals surface area contributed by atoms with Crippen molar-refractivity contribution >= 4 is 46.6 Å². The minimum absolute atomic E-state index is 0.0357. The van der Waals surface area contributed by atoms with Crippen molar-refractivity contribution in [2.75, 3.05) is 25.0 Å². The fourth-order valence-electron chi connectivity index (χ4n) is 3.79. The molecule has 0 bridgehead atoms. The minimum Gasteiger partial charge on any atom is -0.490 e. The van der Waals surface area contributed by atoms with Crippen molar-refractivity contribution in [2.24, 2.45) is 0 Å². The molecule has 3 aromatic rings. The molecule has 1 aliphatic rings. The molecule has 0 aliphatic carbocycles. The van der Waals surface area contributed by atoms with E-state index in [1.165, 1.54) is 0 Å². The van der Waals surface area contributed by atoms with Gasteiger partial charge >= 0.3 is 18.0 Å². The maximum atomic E-state index is 12.5. The van der Waals surface area contributed by atoms with Gasteiger partial charge in [0, 0.05) is 31.6 Å². The van der Waals surface area contributed by atoms with Gasteiger partial charge in [-0.05, 0) is 29.8 Å². The van der Waals surface area contributed by atoms with Crippen LogP contribution in [0.2, 0.25) is 5.02 Å². The number of urea groups is 1. The van der Waals surface area contributed by atoms with Gasteiger partial charge in [-0.25, -0.2) is 14.4 Å². The number of amides is 2. The number of rotatable bonds is 8. The van der Waals surface area contributed by atoms with Crippen molar-refractivity contribution < 1.29 is 34.1 Å². The molecule has 0 unspecified atom stereocenters. The number of nitrogens with one attached hydrogen (secondary N) is 1. The number of anilines is 1. The van der Waals surface area contributed by atoms with E-state index in [-0.39, 0.29) is 27.8 Å². The van der Waals surface area contributed by atoms with Gasteiger partial charge in [0.1, 0.15) is 16.9 Å². The van der Waals surface area contributed by atoms with Gasteiger partial charge in [0.2, 0.25) is 0 Å². The van der Waals surface area contributed by atoms with Crippen LogP contribution in [-0.4, -0.2) is 58.9 Å². The van der Waals surface area contributed by atoms with Gasteiger partial charge in [-0.3, -0.25) is 0 Å². The van der Waals surface area contributed by atoms with Crippen molar-refractivity contribution in [2.45, 2.75) is 18.9 Å². The average Bonchev–Trinajstić information content (AvgIpc) is 3.20. The number of hydrogen-bond acceptors (Lipinski definition) is 6. The molecule has 1 aliphatic heterocycles. The lowest BCUT2D eigenvalue weighted by Crippen LogP contribution is -2.43. The highest BCUT2D eigenvalue weighted by Crippen LogP contribution is 2.46. The molecule has 1 saturated heterocycles. The number of carbonyl (C=O) groups is 3. The Balaban J connectivity index is 1.41. The smallest absolute Gasteiger partial charge is 0.349 e. The lowest BCUT2D eigenvalue weighted by atomic mass is 10.1. The number of nitrogens with zero attached hydrogens (tertiary/aromatic N) is 1. The number of likely N-dealkylation sites (tertiary alicyclic amines) is 1. The Hall–Kier alpha value is -3.76. The molecule has 0 radical (unpaired) electrons. The predicted molar refractivity (Wildman–Crippen MR) is 136 cm³/mol. The molecular formula is C25H23ClN2O7S. The standard InChI is InChI=1S/C25H23ClN2O7S/c26-20-21(34-14-19(29)30)23(24(31)32)36-22(20)15-5-4-8-18(13-15)35-17-9-11-28(12-10-17)25(33)27-16-6-2-1-3-7-16/h1-8,13,17H,9-12,14H2,(H,27,33)(H,29,30)(H,31,32). The van der Waals surface area contributed by atoms with E-state index in [0.717, 1.165) is 17.0 Å². The molecule has 2 amide bonds. The van der Waals surface area contributed by atoms with E-state index < -0.39 is 18.5 Å². The second-order valence-electron chi connectivity index (χ2n) is 8.02. The fourth-order valence-corrected chi connectivity index (χ4v) is 5.19. The Morgan fingerprint density at radius 2 is 1.78 bits per heavy atom. The van der Waals surface area contributed by atoms with Gasteiger partial charge in [-0.1, -0.05) is 41.9 Å². The van der Waals surface area contributed by atoms with Crippen LogP contribution in [0.25, 0.3) is 10.4 Å². The monoisotopic (exact) mass is 530 g/mol. The molecule has 0 atom stereocenters. The highest BCUT2D eigenvalue weighted by Gasteiger charge is 2.26. The molecule has 4 rings (SSSR count). The number of hydrogen-bond donors (Lipinski definition) is 3. The summed E-state index contributed by atoms with van der Waals surface area (Å²) in [6.45, 7) is 0.388. The number of ether oxygens (including phenoxy) is 2. The third kappa shape index (κ3) is 6.07. The molecule has 36 heavy (non-hydrogen) atoms. The molecule has 2 aromatic carbocycles. The maximum absolute atomic E-state index is 12.5. The summed E-state index contributed by atoms with van der Waals surface area (Å²) in [6, 6.07) is 16.2. The van der Waals surface area contributed by atoms with E-state index in [2.05, 4.69) is 5.32 Å². The van der Waals surface area contributed by atoms with Crippen molar-refractivity contribution in [1.29, 1.82) is 0 Å². The van der Waals surface area contributed by atoms with Gasteiger partial charge in [-0.2, -0.15) is 0 Å². The zero-order chi connectivity index (χ0) is 25.7. The van der Waals surface area contributed by atoms with Crippen molar-refractivity contribution in [1.82, 2.24) is 4.90 Å². The fraction of sp³-hybridized carbons (Fsp3) is 0.240. The molecule has 188 valence electrons. The SMILES string of the molecule is O=C(O)COc1c(C(=O)O)sc(-c2cccc(OC3CCN(C(=O)Nc4ccccc4)CC3)c2)c1Cl. The third-order valence-electron chi connectivity index (χ3n) is 5.50. The summed E-state index contributed by atoms with van der Waals surface area (Å²) in [5.74, 6) is -2.09. The van der Waals surface area contributed by atoms with Gasteiger partial charge < -0.3 is 29.9 Å². The summed E-state index contributed by atoms with van der Waals surface area (Å²) >= 11 is 7.29. The Kier molecular flexibility index (Phi) is 7.97. The average molecular weight is 531 g/mol. The minimum atomic E-state index is -1.26. The van der Waals surface area contributed by atoms with Gasteiger partial charge in [0.15, 0.2) is 17.2 Å². The van der Waals surface area contributed by atoms with E-state index >= 15 is 0 Å². The number of piperidine rings is 1. The number of aromatic carboxylic acids is 1. The first-order chi connectivity index (χ1) is 17.3. The first-order valence-electron chi connectivity index (χ1n) is 11.1. The number of aliphatic carboxylic acids is 1. The number of thiophene rings is 1. The first-order valence-corrected chi connectivity index (χ1v) is 12.3. The van der Waals surface area contributed by atoms with E-state index in [0.29, 0.717) is 42.1 Å². The van der Waals surface area contributed by atoms with Gasteiger partial charge in [0.25, 0.3) is 0 Å². The molecule has 9 nitrogen and oxygen atoms in total. The number of carbonyl (C=O) groups excluding carboxylic acids is 1. The molecule has 0 saturated carbocycles. The normalized spacial score (nSPS) is 13.8. The summed E-state index contributed by atoms with van der Waals surface area (Å²) < 4.78 is 11.3. The zero-order valence-corrected chi connectivity index (χ0v) is 20.6. The molecule has 0 spiro atoms. The number of benzene rings is 2. The molecule has 2 heterocycles. The lowest BCUT2D eigenvalue weighted by molar-refractivity contribution is -0.139. The summed E-state index contributed by atoms with van der Waals surface area (Å²) in [4.78, 5) is 37.0. The zero-order valence-electron chi connectivity index (χ0n) is 19.0. The van der Waals surface area contributed by atoms with E-state index in [1.807, 2.05) is 30.3 Å². The second kappa shape index (κ2) is 11.3. The quantitative estimate of drug-likeness (QED) is 0.360. The molecule has 1 aromatic heterocycles. The molecule has 11 heteroatoms. The van der Waals surface area contributed by atoms with Gasteiger partial charge in [0.05, 0.1) is 4.88 Å². The Morgan fingerprint density at radius 1 is 1.06 bits per heavy atom. The van der Waals surface area contributed by atoms with Crippen LogP contribution in [0.5, 0.6) is 11.5 Å². The van der Waals surface area contributed by atoms with E-state index in [9.17, 15) is 19.5 Å². The summed E-state index contributed by atoms with van der Waals surface area (Å²) in [5.41, 5.74) is 1.36. The molecule has 3 N–H and O–H groups in total. The predicted octanol–water partition coefficient (Wildman–Crippen LogP) is 5.31.